The second kappa shape index (κ2) is 5.95. The van der Waals surface area contributed by atoms with Crippen LogP contribution < -0.4 is 0 Å². The van der Waals surface area contributed by atoms with E-state index < -0.39 is 9.84 Å². The molecule has 0 aliphatic carbocycles. The minimum atomic E-state index is -3.27. The summed E-state index contributed by atoms with van der Waals surface area (Å²) in [5.74, 6) is -0.113. The van der Waals surface area contributed by atoms with Crippen molar-refractivity contribution >= 4 is 33.0 Å². The number of sulfone groups is 1. The molecule has 0 unspecified atom stereocenters. The van der Waals surface area contributed by atoms with E-state index in [1.807, 2.05) is 0 Å². The Morgan fingerprint density at radius 2 is 1.63 bits per heavy atom. The van der Waals surface area contributed by atoms with E-state index in [4.69, 9.17) is 23.2 Å². The first-order chi connectivity index (χ1) is 8.96. The van der Waals surface area contributed by atoms with Crippen LogP contribution in [0.15, 0.2) is 48.5 Å². The van der Waals surface area contributed by atoms with Crippen molar-refractivity contribution in [3.05, 3.63) is 69.7 Å². The normalized spacial score (nSPS) is 11.5. The highest BCUT2D eigenvalue weighted by molar-refractivity contribution is 7.89. The molecule has 2 rings (SSSR count). The molecule has 0 N–H and O–H groups in total. The summed E-state index contributed by atoms with van der Waals surface area (Å²) < 4.78 is 24.3. The number of rotatable bonds is 4. The number of benzene rings is 2. The Hall–Kier alpha value is -1.03. The zero-order chi connectivity index (χ0) is 13.9. The number of hydrogen-bond donors (Lipinski definition) is 0. The minimum absolute atomic E-state index is 0.0429. The van der Waals surface area contributed by atoms with E-state index in [-0.39, 0.29) is 11.5 Å². The lowest BCUT2D eigenvalue weighted by Gasteiger charge is -2.06. The molecular weight excluding hydrogens is 303 g/mol. The Morgan fingerprint density at radius 1 is 0.895 bits per heavy atom. The second-order valence-corrected chi connectivity index (χ2v) is 7.16. The molecule has 2 aromatic rings. The van der Waals surface area contributed by atoms with Crippen LogP contribution in [0.5, 0.6) is 0 Å². The van der Waals surface area contributed by atoms with E-state index >= 15 is 0 Å². The lowest BCUT2D eigenvalue weighted by atomic mass is 10.2. The molecule has 0 aromatic heterocycles. The fourth-order valence-electron chi connectivity index (χ4n) is 1.78. The molecule has 19 heavy (non-hydrogen) atoms. The van der Waals surface area contributed by atoms with Gasteiger partial charge in [0.1, 0.15) is 0 Å². The van der Waals surface area contributed by atoms with Gasteiger partial charge in [0.15, 0.2) is 9.84 Å². The first-order valence-corrected chi connectivity index (χ1v) is 8.22. The summed E-state index contributed by atoms with van der Waals surface area (Å²) in [5.41, 5.74) is 1.30. The van der Waals surface area contributed by atoms with Crippen molar-refractivity contribution in [3.63, 3.8) is 0 Å². The summed E-state index contributed by atoms with van der Waals surface area (Å²) in [7, 11) is -3.27. The van der Waals surface area contributed by atoms with E-state index in [0.29, 0.717) is 21.2 Å². The van der Waals surface area contributed by atoms with Crippen molar-refractivity contribution in [3.8, 4) is 0 Å². The minimum Gasteiger partial charge on any atom is -0.228 e. The molecule has 5 heteroatoms. The van der Waals surface area contributed by atoms with Crippen molar-refractivity contribution in [1.29, 1.82) is 0 Å². The third-order valence-electron chi connectivity index (χ3n) is 2.61. The van der Waals surface area contributed by atoms with Gasteiger partial charge in [-0.05, 0) is 29.3 Å². The summed E-state index contributed by atoms with van der Waals surface area (Å²) in [5, 5.41) is 1.00. The van der Waals surface area contributed by atoms with E-state index in [9.17, 15) is 8.42 Å². The molecule has 0 spiro atoms. The summed E-state index contributed by atoms with van der Waals surface area (Å²) in [6, 6.07) is 13.8. The van der Waals surface area contributed by atoms with Gasteiger partial charge in [0.25, 0.3) is 0 Å². The van der Waals surface area contributed by atoms with Gasteiger partial charge in [0.05, 0.1) is 11.5 Å². The highest BCUT2D eigenvalue weighted by atomic mass is 35.5. The fraction of sp³-hybridized carbons (Fsp3) is 0.143. The van der Waals surface area contributed by atoms with Gasteiger partial charge in [0, 0.05) is 10.0 Å². The SMILES string of the molecule is O=S(=O)(Cc1cccc(Cl)c1)Cc1ccccc1Cl. The molecule has 0 amide bonds. The second-order valence-electron chi connectivity index (χ2n) is 4.25. The standard InChI is InChI=1S/C14H12Cl2O2S/c15-13-6-3-4-11(8-13)9-19(17,18)10-12-5-1-2-7-14(12)16/h1-8H,9-10H2. The zero-order valence-corrected chi connectivity index (χ0v) is 12.3. The molecule has 2 aromatic carbocycles. The van der Waals surface area contributed by atoms with Crippen LogP contribution >= 0.6 is 23.2 Å². The summed E-state index contributed by atoms with van der Waals surface area (Å²) in [6.45, 7) is 0. The topological polar surface area (TPSA) is 34.1 Å². The lowest BCUT2D eigenvalue weighted by Crippen LogP contribution is -2.08. The molecule has 0 heterocycles. The van der Waals surface area contributed by atoms with Gasteiger partial charge in [-0.3, -0.25) is 0 Å². The quantitative estimate of drug-likeness (QED) is 0.851. The molecule has 0 saturated heterocycles. The maximum Gasteiger partial charge on any atom is 0.158 e. The van der Waals surface area contributed by atoms with E-state index in [1.165, 1.54) is 0 Å². The van der Waals surface area contributed by atoms with Crippen LogP contribution in [0.1, 0.15) is 11.1 Å². The van der Waals surface area contributed by atoms with Crippen LogP contribution in [0.4, 0.5) is 0 Å². The Bertz CT molecular complexity index is 681. The molecule has 0 bridgehead atoms. The maximum absolute atomic E-state index is 12.1. The van der Waals surface area contributed by atoms with Crippen LogP contribution in [0.2, 0.25) is 10.0 Å². The van der Waals surface area contributed by atoms with Gasteiger partial charge in [-0.1, -0.05) is 53.5 Å². The molecule has 0 aliphatic rings. The molecule has 0 fully saturated rings. The summed E-state index contributed by atoms with van der Waals surface area (Å²) in [6.07, 6.45) is 0. The van der Waals surface area contributed by atoms with Gasteiger partial charge >= 0.3 is 0 Å². The van der Waals surface area contributed by atoms with Gasteiger partial charge in [-0.25, -0.2) is 8.42 Å². The predicted molar refractivity (Wildman–Crippen MR) is 79.2 cm³/mol. The molecule has 0 atom stereocenters. The number of halogens is 2. The van der Waals surface area contributed by atoms with Crippen LogP contribution in [0.3, 0.4) is 0 Å². The van der Waals surface area contributed by atoms with Crippen molar-refractivity contribution in [1.82, 2.24) is 0 Å². The van der Waals surface area contributed by atoms with E-state index in [2.05, 4.69) is 0 Å². The van der Waals surface area contributed by atoms with E-state index in [0.717, 1.165) is 0 Å². The average molecular weight is 315 g/mol. The first kappa shape index (κ1) is 14.4. The average Bonchev–Trinajstić information content (AvgIpc) is 2.31. The number of hydrogen-bond acceptors (Lipinski definition) is 2. The molecule has 0 aliphatic heterocycles. The molecular formula is C14H12Cl2O2S. The van der Waals surface area contributed by atoms with Gasteiger partial charge in [-0.15, -0.1) is 0 Å². The van der Waals surface area contributed by atoms with Gasteiger partial charge in [0.2, 0.25) is 0 Å². The summed E-state index contributed by atoms with van der Waals surface area (Å²) >= 11 is 11.8. The largest absolute Gasteiger partial charge is 0.228 e. The highest BCUT2D eigenvalue weighted by Gasteiger charge is 2.15. The van der Waals surface area contributed by atoms with Crippen LogP contribution in [0.25, 0.3) is 0 Å². The third kappa shape index (κ3) is 4.23. The molecule has 0 saturated carbocycles. The predicted octanol–water partition coefficient (Wildman–Crippen LogP) is 4.11. The van der Waals surface area contributed by atoms with Gasteiger partial charge in [-0.2, -0.15) is 0 Å². The molecule has 0 radical (unpaired) electrons. The Morgan fingerprint density at radius 3 is 2.32 bits per heavy atom. The smallest absolute Gasteiger partial charge is 0.158 e. The lowest BCUT2D eigenvalue weighted by molar-refractivity contribution is 0.594. The third-order valence-corrected chi connectivity index (χ3v) is 4.74. The monoisotopic (exact) mass is 314 g/mol. The summed E-state index contributed by atoms with van der Waals surface area (Å²) in [4.78, 5) is 0. The van der Waals surface area contributed by atoms with Crippen molar-refractivity contribution < 1.29 is 8.42 Å². The van der Waals surface area contributed by atoms with Crippen LogP contribution in [0, 0.1) is 0 Å². The Labute approximate surface area is 122 Å². The first-order valence-electron chi connectivity index (χ1n) is 5.64. The highest BCUT2D eigenvalue weighted by Crippen LogP contribution is 2.20. The van der Waals surface area contributed by atoms with E-state index in [1.54, 1.807) is 48.5 Å². The molecule has 2 nitrogen and oxygen atoms in total. The van der Waals surface area contributed by atoms with Crippen LogP contribution in [-0.4, -0.2) is 8.42 Å². The van der Waals surface area contributed by atoms with Crippen LogP contribution in [-0.2, 0) is 21.3 Å². The fourth-order valence-corrected chi connectivity index (χ4v) is 3.79. The van der Waals surface area contributed by atoms with Crippen molar-refractivity contribution in [2.75, 3.05) is 0 Å². The Balaban J connectivity index is 2.18. The Kier molecular flexibility index (Phi) is 4.50. The zero-order valence-electron chi connectivity index (χ0n) is 10.0. The van der Waals surface area contributed by atoms with Gasteiger partial charge < -0.3 is 0 Å². The van der Waals surface area contributed by atoms with Crippen molar-refractivity contribution in [2.24, 2.45) is 0 Å². The maximum atomic E-state index is 12.1. The van der Waals surface area contributed by atoms with Crippen molar-refractivity contribution in [2.45, 2.75) is 11.5 Å². The molecule has 100 valence electrons.